The van der Waals surface area contributed by atoms with Crippen LogP contribution in [0, 0.1) is 35.5 Å². The largest absolute Gasteiger partial charge is 0.573 e. The van der Waals surface area contributed by atoms with E-state index in [0.717, 1.165) is 43.6 Å². The molecule has 1 unspecified atom stereocenters. The minimum Gasteiger partial charge on any atom is -0.400 e. The van der Waals surface area contributed by atoms with Gasteiger partial charge < -0.3 is 4.74 Å². The Kier molecular flexibility index (Phi) is 7.34. The summed E-state index contributed by atoms with van der Waals surface area (Å²) in [5, 5.41) is 0. The Morgan fingerprint density at radius 3 is 1.93 bits per heavy atom. The van der Waals surface area contributed by atoms with Crippen molar-refractivity contribution in [3.63, 3.8) is 0 Å². The van der Waals surface area contributed by atoms with Gasteiger partial charge >= 0.3 is 6.36 Å². The molecule has 0 saturated heterocycles. The van der Waals surface area contributed by atoms with Crippen LogP contribution in [-0.4, -0.2) is 6.36 Å². The summed E-state index contributed by atoms with van der Waals surface area (Å²) in [7, 11) is 0. The quantitative estimate of drug-likeness (QED) is 0.313. The van der Waals surface area contributed by atoms with Gasteiger partial charge in [-0.2, -0.15) is 0 Å². The molecule has 0 radical (unpaired) electrons. The second-order valence-electron chi connectivity index (χ2n) is 9.65. The maximum absolute atomic E-state index is 14.1. The highest BCUT2D eigenvalue weighted by Gasteiger charge is 2.39. The van der Waals surface area contributed by atoms with Crippen LogP contribution in [0.25, 0.3) is 0 Å². The third kappa shape index (κ3) is 5.67. The molecule has 2 atom stereocenters. The highest BCUT2D eigenvalue weighted by Crippen LogP contribution is 2.47. The Morgan fingerprint density at radius 1 is 0.967 bits per heavy atom. The molecule has 2 fully saturated rings. The number of allylic oxidation sites excluding steroid dienone is 4. The summed E-state index contributed by atoms with van der Waals surface area (Å²) >= 11 is 0. The molecule has 3 rings (SSSR count). The highest BCUT2D eigenvalue weighted by molar-refractivity contribution is 5.28. The topological polar surface area (TPSA) is 9.23 Å². The van der Waals surface area contributed by atoms with Crippen LogP contribution in [0.2, 0.25) is 0 Å². The molecular weight excluding hydrogens is 399 g/mol. The number of hydrogen-bond donors (Lipinski definition) is 0. The van der Waals surface area contributed by atoms with Crippen molar-refractivity contribution in [1.29, 1.82) is 0 Å². The summed E-state index contributed by atoms with van der Waals surface area (Å²) < 4.78 is 68.8. The first-order valence-corrected chi connectivity index (χ1v) is 11.2. The smallest absolute Gasteiger partial charge is 0.400 e. The number of ether oxygens (including phenoxy) is 1. The zero-order valence-corrected chi connectivity index (χ0v) is 17.9. The fraction of sp³-hybridized carbons (Fsp3) is 0.750. The van der Waals surface area contributed by atoms with Gasteiger partial charge in [-0.3, -0.25) is 0 Å². The van der Waals surface area contributed by atoms with Crippen molar-refractivity contribution in [3.8, 4) is 0 Å². The Morgan fingerprint density at radius 2 is 1.47 bits per heavy atom. The van der Waals surface area contributed by atoms with Gasteiger partial charge in [0.2, 0.25) is 0 Å². The third-order valence-electron chi connectivity index (χ3n) is 7.85. The Bertz CT molecular complexity index is 676. The van der Waals surface area contributed by atoms with Gasteiger partial charge in [0.1, 0.15) is 5.83 Å². The fourth-order valence-electron chi connectivity index (χ4n) is 5.84. The van der Waals surface area contributed by atoms with Crippen molar-refractivity contribution in [3.05, 3.63) is 35.6 Å². The normalized spacial score (nSPS) is 34.4. The molecule has 0 heterocycles. The van der Waals surface area contributed by atoms with Crippen LogP contribution in [-0.2, 0) is 4.74 Å². The Hall–Kier alpha value is -1.33. The van der Waals surface area contributed by atoms with Crippen molar-refractivity contribution in [2.24, 2.45) is 35.5 Å². The molecule has 0 N–H and O–H groups in total. The number of halogens is 5. The van der Waals surface area contributed by atoms with E-state index in [4.69, 9.17) is 0 Å². The summed E-state index contributed by atoms with van der Waals surface area (Å²) in [5.74, 6) is -1.25. The summed E-state index contributed by atoms with van der Waals surface area (Å²) in [5.41, 5.74) is 1.26. The summed E-state index contributed by atoms with van der Waals surface area (Å²) in [4.78, 5) is 0. The lowest BCUT2D eigenvalue weighted by Gasteiger charge is -2.40. The highest BCUT2D eigenvalue weighted by atomic mass is 19.4. The minimum absolute atomic E-state index is 0.116. The van der Waals surface area contributed by atoms with E-state index in [-0.39, 0.29) is 12.3 Å². The SMILES string of the molecule is C=C(C)[C@H](C)C1CCC(C2CCC(C3C=C(F)C(OC(F)(F)F)=C(F)C3)CC2)CC1. The second kappa shape index (κ2) is 9.44. The molecule has 0 spiro atoms. The van der Waals surface area contributed by atoms with E-state index in [2.05, 4.69) is 25.2 Å². The molecule has 0 aromatic heterocycles. The zero-order chi connectivity index (χ0) is 22.1. The maximum atomic E-state index is 14.1. The number of hydrogen-bond acceptors (Lipinski definition) is 1. The van der Waals surface area contributed by atoms with E-state index in [1.165, 1.54) is 31.3 Å². The van der Waals surface area contributed by atoms with Crippen LogP contribution in [0.3, 0.4) is 0 Å². The third-order valence-corrected chi connectivity index (χ3v) is 7.85. The molecule has 0 aromatic carbocycles. The van der Waals surface area contributed by atoms with Crippen molar-refractivity contribution in [2.75, 3.05) is 0 Å². The standard InChI is InChI=1S/C24H33F5O/c1-14(2)15(3)16-4-6-17(7-5-16)18-8-10-19(11-9-18)20-12-21(25)23(22(26)13-20)30-24(27,28)29/h12,15-20H,1,4-11,13H2,2-3H3/t15-,16?,17?,18?,19?,20?/m0/s1. The van der Waals surface area contributed by atoms with Gasteiger partial charge in [-0.25, -0.2) is 8.78 Å². The zero-order valence-electron chi connectivity index (χ0n) is 17.9. The van der Waals surface area contributed by atoms with Crippen molar-refractivity contribution < 1.29 is 26.7 Å². The van der Waals surface area contributed by atoms with E-state index < -0.39 is 29.7 Å². The molecular formula is C24H33F5O. The lowest BCUT2D eigenvalue weighted by molar-refractivity contribution is -0.306. The van der Waals surface area contributed by atoms with Crippen LogP contribution in [0.1, 0.15) is 71.6 Å². The van der Waals surface area contributed by atoms with Crippen LogP contribution in [0.4, 0.5) is 22.0 Å². The monoisotopic (exact) mass is 432 g/mol. The Labute approximate surface area is 176 Å². The maximum Gasteiger partial charge on any atom is 0.573 e. The van der Waals surface area contributed by atoms with Gasteiger partial charge in [0.05, 0.1) is 0 Å². The summed E-state index contributed by atoms with van der Waals surface area (Å²) in [6.45, 7) is 8.48. The first-order valence-electron chi connectivity index (χ1n) is 11.2. The molecule has 3 aliphatic carbocycles. The van der Waals surface area contributed by atoms with Gasteiger partial charge in [0.15, 0.2) is 11.6 Å². The molecule has 170 valence electrons. The number of rotatable bonds is 5. The fourth-order valence-corrected chi connectivity index (χ4v) is 5.84. The lowest BCUT2D eigenvalue weighted by Crippen LogP contribution is -2.30. The van der Waals surface area contributed by atoms with Crippen LogP contribution < -0.4 is 0 Å². The molecule has 0 amide bonds. The van der Waals surface area contributed by atoms with Gasteiger partial charge in [-0.15, -0.1) is 13.2 Å². The molecule has 0 aromatic rings. The molecule has 3 aliphatic rings. The van der Waals surface area contributed by atoms with Gasteiger partial charge in [0.25, 0.3) is 0 Å². The predicted molar refractivity (Wildman–Crippen MR) is 107 cm³/mol. The summed E-state index contributed by atoms with van der Waals surface area (Å²) in [6, 6.07) is 0. The van der Waals surface area contributed by atoms with Crippen LogP contribution in [0.5, 0.6) is 0 Å². The summed E-state index contributed by atoms with van der Waals surface area (Å²) in [6.07, 6.45) is 4.64. The molecule has 0 bridgehead atoms. The van der Waals surface area contributed by atoms with Crippen molar-refractivity contribution in [2.45, 2.75) is 78.0 Å². The van der Waals surface area contributed by atoms with Gasteiger partial charge in [0, 0.05) is 6.42 Å². The minimum atomic E-state index is -5.09. The van der Waals surface area contributed by atoms with E-state index in [0.29, 0.717) is 11.8 Å². The molecule has 0 aliphatic heterocycles. The first kappa shape index (κ1) is 23.3. The second-order valence-corrected chi connectivity index (χ2v) is 9.65. The predicted octanol–water partition coefficient (Wildman–Crippen LogP) is 8.40. The van der Waals surface area contributed by atoms with Crippen molar-refractivity contribution >= 4 is 0 Å². The lowest BCUT2D eigenvalue weighted by atomic mass is 9.65. The average molecular weight is 433 g/mol. The van der Waals surface area contributed by atoms with Crippen molar-refractivity contribution in [1.82, 2.24) is 0 Å². The Balaban J connectivity index is 1.49. The van der Waals surface area contributed by atoms with Gasteiger partial charge in [-0.1, -0.05) is 19.1 Å². The average Bonchev–Trinajstić information content (AvgIpc) is 2.69. The molecule has 1 nitrogen and oxygen atoms in total. The van der Waals surface area contributed by atoms with E-state index in [9.17, 15) is 22.0 Å². The van der Waals surface area contributed by atoms with E-state index in [1.54, 1.807) is 0 Å². The number of alkyl halides is 3. The van der Waals surface area contributed by atoms with Crippen LogP contribution in [0.15, 0.2) is 35.6 Å². The van der Waals surface area contributed by atoms with E-state index in [1.807, 2.05) is 0 Å². The molecule has 2 saturated carbocycles. The van der Waals surface area contributed by atoms with E-state index >= 15 is 0 Å². The van der Waals surface area contributed by atoms with Gasteiger partial charge in [-0.05, 0) is 99.9 Å². The molecule has 30 heavy (non-hydrogen) atoms. The first-order chi connectivity index (χ1) is 14.0. The van der Waals surface area contributed by atoms with Crippen LogP contribution >= 0.6 is 0 Å². The molecule has 6 heteroatoms.